The van der Waals surface area contributed by atoms with E-state index in [-0.39, 0.29) is 0 Å². The molecule has 0 radical (unpaired) electrons. The molecular formula is C17H16BrClN4O2. The summed E-state index contributed by atoms with van der Waals surface area (Å²) in [6, 6.07) is 11.4. The first kappa shape index (κ1) is 17.6. The Kier molecular flexibility index (Phi) is 5.78. The van der Waals surface area contributed by atoms with E-state index in [0.717, 1.165) is 15.6 Å². The van der Waals surface area contributed by atoms with Crippen molar-refractivity contribution in [2.75, 3.05) is 12.4 Å². The van der Waals surface area contributed by atoms with Gasteiger partial charge in [0.15, 0.2) is 11.5 Å². The molecule has 1 heterocycles. The summed E-state index contributed by atoms with van der Waals surface area (Å²) in [5.41, 5.74) is 1.91. The molecule has 25 heavy (non-hydrogen) atoms. The third-order valence-corrected chi connectivity index (χ3v) is 4.64. The van der Waals surface area contributed by atoms with Crippen LogP contribution in [0.1, 0.15) is 11.1 Å². The van der Waals surface area contributed by atoms with E-state index in [1.54, 1.807) is 7.11 Å². The van der Waals surface area contributed by atoms with Gasteiger partial charge < -0.3 is 14.8 Å². The summed E-state index contributed by atoms with van der Waals surface area (Å²) >= 11 is 9.74. The Labute approximate surface area is 158 Å². The lowest BCUT2D eigenvalue weighted by atomic mass is 10.2. The molecule has 8 heteroatoms. The number of aromatic amines is 1. The van der Waals surface area contributed by atoms with Gasteiger partial charge in [0, 0.05) is 21.6 Å². The largest absolute Gasteiger partial charge is 0.493 e. The molecule has 0 atom stereocenters. The maximum atomic E-state index is 6.17. The number of ether oxygens (including phenoxy) is 2. The fourth-order valence-corrected chi connectivity index (χ4v) is 2.88. The van der Waals surface area contributed by atoms with E-state index in [4.69, 9.17) is 21.1 Å². The summed E-state index contributed by atoms with van der Waals surface area (Å²) < 4.78 is 12.2. The summed E-state index contributed by atoms with van der Waals surface area (Å²) in [4.78, 5) is 4.03. The Bertz CT molecular complexity index is 843. The van der Waals surface area contributed by atoms with Gasteiger partial charge in [-0.15, -0.1) is 0 Å². The molecule has 2 aromatic carbocycles. The zero-order valence-electron chi connectivity index (χ0n) is 13.4. The first-order chi connectivity index (χ1) is 12.2. The van der Waals surface area contributed by atoms with Crippen LogP contribution in [0.15, 0.2) is 47.2 Å². The number of nitrogens with one attached hydrogen (secondary N) is 2. The number of hydrogen-bond acceptors (Lipinski definition) is 5. The second kappa shape index (κ2) is 8.22. The van der Waals surface area contributed by atoms with E-state index in [1.165, 1.54) is 6.33 Å². The lowest BCUT2D eigenvalue weighted by Gasteiger charge is -2.14. The molecule has 0 saturated heterocycles. The van der Waals surface area contributed by atoms with Gasteiger partial charge in [0.25, 0.3) is 0 Å². The van der Waals surface area contributed by atoms with Gasteiger partial charge in [0.05, 0.1) is 7.11 Å². The Morgan fingerprint density at radius 3 is 2.76 bits per heavy atom. The predicted octanol–water partition coefficient (Wildman–Crippen LogP) is 4.42. The van der Waals surface area contributed by atoms with Crippen molar-refractivity contribution in [2.24, 2.45) is 0 Å². The molecule has 0 bridgehead atoms. The minimum absolute atomic E-state index is 0.359. The lowest BCUT2D eigenvalue weighted by molar-refractivity contribution is 0.284. The maximum Gasteiger partial charge on any atom is 0.218 e. The first-order valence-corrected chi connectivity index (χ1v) is 8.66. The zero-order valence-corrected chi connectivity index (χ0v) is 15.8. The van der Waals surface area contributed by atoms with Gasteiger partial charge in [-0.3, -0.25) is 0 Å². The fraction of sp³-hybridized carbons (Fsp3) is 0.176. The van der Waals surface area contributed by atoms with Crippen LogP contribution in [0.25, 0.3) is 0 Å². The fourth-order valence-electron chi connectivity index (χ4n) is 2.23. The normalized spacial score (nSPS) is 10.5. The maximum absolute atomic E-state index is 6.17. The molecule has 0 fully saturated rings. The summed E-state index contributed by atoms with van der Waals surface area (Å²) in [6.45, 7) is 0.912. The minimum atomic E-state index is 0.359. The lowest BCUT2D eigenvalue weighted by Crippen LogP contribution is -2.04. The van der Waals surface area contributed by atoms with E-state index in [0.29, 0.717) is 35.6 Å². The van der Waals surface area contributed by atoms with E-state index in [9.17, 15) is 0 Å². The number of anilines is 1. The highest BCUT2D eigenvalue weighted by Gasteiger charge is 2.12. The zero-order chi connectivity index (χ0) is 17.6. The highest BCUT2D eigenvalue weighted by molar-refractivity contribution is 9.10. The predicted molar refractivity (Wildman–Crippen MR) is 100 cm³/mol. The summed E-state index contributed by atoms with van der Waals surface area (Å²) in [6.07, 6.45) is 1.45. The van der Waals surface area contributed by atoms with E-state index in [1.807, 2.05) is 36.4 Å². The van der Waals surface area contributed by atoms with Gasteiger partial charge in [-0.05, 0) is 23.8 Å². The van der Waals surface area contributed by atoms with Crippen LogP contribution in [-0.2, 0) is 13.2 Å². The van der Waals surface area contributed by atoms with Crippen LogP contribution in [0.2, 0.25) is 5.02 Å². The molecule has 1 aromatic heterocycles. The van der Waals surface area contributed by atoms with Crippen molar-refractivity contribution in [3.63, 3.8) is 0 Å². The molecule has 3 rings (SSSR count). The van der Waals surface area contributed by atoms with Crippen molar-refractivity contribution in [1.29, 1.82) is 0 Å². The van der Waals surface area contributed by atoms with Crippen LogP contribution in [0.5, 0.6) is 11.5 Å². The van der Waals surface area contributed by atoms with E-state index in [2.05, 4.69) is 36.4 Å². The Morgan fingerprint density at radius 2 is 2.04 bits per heavy atom. The smallest absolute Gasteiger partial charge is 0.218 e. The van der Waals surface area contributed by atoms with Crippen molar-refractivity contribution >= 4 is 33.5 Å². The van der Waals surface area contributed by atoms with Gasteiger partial charge in [-0.1, -0.05) is 45.7 Å². The third kappa shape index (κ3) is 4.43. The van der Waals surface area contributed by atoms with Crippen molar-refractivity contribution in [3.05, 3.63) is 63.3 Å². The van der Waals surface area contributed by atoms with Gasteiger partial charge in [0.1, 0.15) is 12.9 Å². The molecule has 0 aliphatic heterocycles. The molecule has 0 spiro atoms. The van der Waals surface area contributed by atoms with Gasteiger partial charge in [-0.25, -0.2) is 10.1 Å². The van der Waals surface area contributed by atoms with Crippen LogP contribution >= 0.6 is 27.5 Å². The molecule has 0 amide bonds. The molecule has 2 N–H and O–H groups in total. The second-order valence-corrected chi connectivity index (χ2v) is 6.42. The van der Waals surface area contributed by atoms with Crippen molar-refractivity contribution in [1.82, 2.24) is 15.2 Å². The van der Waals surface area contributed by atoms with Crippen LogP contribution in [0, 0.1) is 0 Å². The van der Waals surface area contributed by atoms with Gasteiger partial charge >= 0.3 is 0 Å². The standard InChI is InChI=1S/C17H16BrClN4O2/c1-24-15-6-12(8-20-17-21-10-22-23-17)13(18)7-16(15)25-9-11-4-2-3-5-14(11)19/h2-7,10H,8-9H2,1H3,(H2,20,21,22,23). The Hall–Kier alpha value is -2.25. The van der Waals surface area contributed by atoms with E-state index >= 15 is 0 Å². The van der Waals surface area contributed by atoms with Crippen molar-refractivity contribution < 1.29 is 9.47 Å². The first-order valence-electron chi connectivity index (χ1n) is 7.49. The number of rotatable bonds is 7. The molecule has 0 unspecified atom stereocenters. The number of aromatic nitrogens is 3. The number of methoxy groups -OCH3 is 1. The topological polar surface area (TPSA) is 72.1 Å². The molecular weight excluding hydrogens is 408 g/mol. The second-order valence-electron chi connectivity index (χ2n) is 5.16. The number of H-pyrrole nitrogens is 1. The average molecular weight is 424 g/mol. The van der Waals surface area contributed by atoms with Gasteiger partial charge in [0.2, 0.25) is 5.95 Å². The van der Waals surface area contributed by atoms with Gasteiger partial charge in [-0.2, -0.15) is 5.10 Å². The van der Waals surface area contributed by atoms with Crippen LogP contribution < -0.4 is 14.8 Å². The van der Waals surface area contributed by atoms with Crippen LogP contribution in [-0.4, -0.2) is 22.3 Å². The van der Waals surface area contributed by atoms with E-state index < -0.39 is 0 Å². The summed E-state index contributed by atoms with van der Waals surface area (Å²) in [7, 11) is 1.61. The minimum Gasteiger partial charge on any atom is -0.493 e. The SMILES string of the molecule is COc1cc(CNc2ncn[nH]2)c(Br)cc1OCc1ccccc1Cl. The number of halogens is 2. The van der Waals surface area contributed by atoms with Crippen LogP contribution in [0.3, 0.4) is 0 Å². The van der Waals surface area contributed by atoms with Crippen molar-refractivity contribution in [2.45, 2.75) is 13.2 Å². The monoisotopic (exact) mass is 422 g/mol. The molecule has 130 valence electrons. The Balaban J connectivity index is 1.73. The highest BCUT2D eigenvalue weighted by Crippen LogP contribution is 2.34. The number of nitrogens with zero attached hydrogens (tertiary/aromatic N) is 2. The number of benzene rings is 2. The molecule has 3 aromatic rings. The molecule has 6 nitrogen and oxygen atoms in total. The highest BCUT2D eigenvalue weighted by atomic mass is 79.9. The molecule has 0 aliphatic carbocycles. The summed E-state index contributed by atoms with van der Waals surface area (Å²) in [5.74, 6) is 1.88. The van der Waals surface area contributed by atoms with Crippen LogP contribution in [0.4, 0.5) is 5.95 Å². The Morgan fingerprint density at radius 1 is 1.20 bits per heavy atom. The molecule has 0 saturated carbocycles. The van der Waals surface area contributed by atoms with Crippen molar-refractivity contribution in [3.8, 4) is 11.5 Å². The average Bonchev–Trinajstić information content (AvgIpc) is 3.13. The summed E-state index contributed by atoms with van der Waals surface area (Å²) in [5, 5.41) is 10.4. The third-order valence-electron chi connectivity index (χ3n) is 3.53. The number of hydrogen-bond donors (Lipinski definition) is 2. The molecule has 0 aliphatic rings. The quantitative estimate of drug-likeness (QED) is 0.588.